The maximum Gasteiger partial charge on any atom is 0.134 e. The summed E-state index contributed by atoms with van der Waals surface area (Å²) in [7, 11) is 1.95. The van der Waals surface area contributed by atoms with Crippen LogP contribution in [0.25, 0.3) is 11.0 Å². The molecule has 1 N–H and O–H groups in total. The number of halogens is 1. The van der Waals surface area contributed by atoms with Crippen LogP contribution in [0.4, 0.5) is 0 Å². The molecule has 0 radical (unpaired) electrons. The maximum atomic E-state index is 6.01. The Bertz CT molecular complexity index is 705. The summed E-state index contributed by atoms with van der Waals surface area (Å²) in [5.41, 5.74) is 2.16. The first kappa shape index (κ1) is 13.2. The molecule has 0 saturated carbocycles. The van der Waals surface area contributed by atoms with Crippen LogP contribution in [-0.2, 0) is 6.42 Å². The molecular formula is C17H16ClNO. The standard InChI is InChI=1S/C17H16ClNO/c1-19-15(9-12-5-3-2-4-6-12)17-11-13-10-14(18)7-8-16(13)20-17/h2-8,10-11,15,19H,9H2,1H3. The Morgan fingerprint density at radius 3 is 2.65 bits per heavy atom. The second-order valence-corrected chi connectivity index (χ2v) is 5.30. The number of furan rings is 1. The van der Waals surface area contributed by atoms with Crippen molar-refractivity contribution < 1.29 is 4.42 Å². The molecule has 0 aliphatic rings. The number of likely N-dealkylation sites (N-methyl/N-ethyl adjacent to an activating group) is 1. The summed E-state index contributed by atoms with van der Waals surface area (Å²) in [6.07, 6.45) is 0.894. The average Bonchev–Trinajstić information content (AvgIpc) is 2.88. The highest BCUT2D eigenvalue weighted by molar-refractivity contribution is 6.31. The van der Waals surface area contributed by atoms with E-state index in [1.54, 1.807) is 0 Å². The maximum absolute atomic E-state index is 6.01. The van der Waals surface area contributed by atoms with Crippen LogP contribution in [-0.4, -0.2) is 7.05 Å². The lowest BCUT2D eigenvalue weighted by Crippen LogP contribution is -2.18. The highest BCUT2D eigenvalue weighted by Gasteiger charge is 2.15. The van der Waals surface area contributed by atoms with Crippen molar-refractivity contribution in [1.29, 1.82) is 0 Å². The molecule has 20 heavy (non-hydrogen) atoms. The second-order valence-electron chi connectivity index (χ2n) is 4.86. The largest absolute Gasteiger partial charge is 0.459 e. The lowest BCUT2D eigenvalue weighted by Gasteiger charge is -2.13. The molecule has 0 saturated heterocycles. The molecule has 1 aromatic heterocycles. The molecule has 1 unspecified atom stereocenters. The Kier molecular flexibility index (Phi) is 3.77. The van der Waals surface area contributed by atoms with E-state index in [1.807, 2.05) is 31.3 Å². The van der Waals surface area contributed by atoms with Crippen LogP contribution in [0.5, 0.6) is 0 Å². The van der Waals surface area contributed by atoms with E-state index >= 15 is 0 Å². The third-order valence-corrected chi connectivity index (χ3v) is 3.71. The first-order valence-corrected chi connectivity index (χ1v) is 7.04. The minimum absolute atomic E-state index is 0.156. The third-order valence-electron chi connectivity index (χ3n) is 3.47. The van der Waals surface area contributed by atoms with Gasteiger partial charge in [-0.25, -0.2) is 0 Å². The van der Waals surface area contributed by atoms with Gasteiger partial charge in [0, 0.05) is 10.4 Å². The number of hydrogen-bond donors (Lipinski definition) is 1. The summed E-state index contributed by atoms with van der Waals surface area (Å²) in [5, 5.41) is 5.09. The van der Waals surface area contributed by atoms with Crippen molar-refractivity contribution in [2.45, 2.75) is 12.5 Å². The Labute approximate surface area is 123 Å². The van der Waals surface area contributed by atoms with Crippen LogP contribution in [0.15, 0.2) is 59.0 Å². The molecule has 0 fully saturated rings. The van der Waals surface area contributed by atoms with E-state index in [9.17, 15) is 0 Å². The van der Waals surface area contributed by atoms with E-state index in [0.717, 1.165) is 28.2 Å². The van der Waals surface area contributed by atoms with Crippen LogP contribution in [0.1, 0.15) is 17.4 Å². The van der Waals surface area contributed by atoms with E-state index in [0.29, 0.717) is 0 Å². The van der Waals surface area contributed by atoms with Crippen LogP contribution >= 0.6 is 11.6 Å². The second kappa shape index (κ2) is 5.70. The van der Waals surface area contributed by atoms with Crippen molar-refractivity contribution in [1.82, 2.24) is 5.32 Å². The molecule has 2 nitrogen and oxygen atoms in total. The molecule has 0 amide bonds. The Balaban J connectivity index is 1.91. The number of hydrogen-bond acceptors (Lipinski definition) is 2. The molecule has 3 rings (SSSR count). The zero-order chi connectivity index (χ0) is 13.9. The van der Waals surface area contributed by atoms with Gasteiger partial charge >= 0.3 is 0 Å². The normalized spacial score (nSPS) is 12.7. The van der Waals surface area contributed by atoms with Gasteiger partial charge in [0.2, 0.25) is 0 Å². The van der Waals surface area contributed by atoms with Crippen LogP contribution in [0.2, 0.25) is 5.02 Å². The van der Waals surface area contributed by atoms with Gasteiger partial charge in [0.25, 0.3) is 0 Å². The van der Waals surface area contributed by atoms with E-state index in [-0.39, 0.29) is 6.04 Å². The van der Waals surface area contributed by atoms with Gasteiger partial charge in [-0.15, -0.1) is 0 Å². The summed E-state index contributed by atoms with van der Waals surface area (Å²) in [5.74, 6) is 0.939. The van der Waals surface area contributed by atoms with Crippen molar-refractivity contribution in [3.05, 3.63) is 70.9 Å². The zero-order valence-electron chi connectivity index (χ0n) is 11.3. The van der Waals surface area contributed by atoms with Crippen LogP contribution in [0.3, 0.4) is 0 Å². The molecule has 1 heterocycles. The number of fused-ring (bicyclic) bond motifs is 1. The monoisotopic (exact) mass is 285 g/mol. The van der Waals surface area contributed by atoms with Crippen molar-refractivity contribution in [3.63, 3.8) is 0 Å². The topological polar surface area (TPSA) is 25.2 Å². The average molecular weight is 286 g/mol. The van der Waals surface area contributed by atoms with Gasteiger partial charge in [-0.1, -0.05) is 41.9 Å². The van der Waals surface area contributed by atoms with Crippen LogP contribution < -0.4 is 5.32 Å². The number of rotatable bonds is 4. The minimum atomic E-state index is 0.156. The predicted octanol–water partition coefficient (Wildman–Crippen LogP) is 4.59. The first-order valence-electron chi connectivity index (χ1n) is 6.66. The van der Waals surface area contributed by atoms with Crippen molar-refractivity contribution in [3.8, 4) is 0 Å². The molecule has 1 atom stereocenters. The van der Waals surface area contributed by atoms with Crippen molar-refractivity contribution in [2.75, 3.05) is 7.05 Å². The fourth-order valence-corrected chi connectivity index (χ4v) is 2.58. The van der Waals surface area contributed by atoms with Crippen molar-refractivity contribution >= 4 is 22.6 Å². The summed E-state index contributed by atoms with van der Waals surface area (Å²) < 4.78 is 5.93. The highest BCUT2D eigenvalue weighted by atomic mass is 35.5. The number of benzene rings is 2. The lowest BCUT2D eigenvalue weighted by molar-refractivity contribution is 0.451. The highest BCUT2D eigenvalue weighted by Crippen LogP contribution is 2.28. The molecule has 3 aromatic rings. The summed E-state index contributed by atoms with van der Waals surface area (Å²) in [4.78, 5) is 0. The van der Waals surface area contributed by atoms with Gasteiger partial charge in [0.15, 0.2) is 0 Å². The minimum Gasteiger partial charge on any atom is -0.459 e. The fourth-order valence-electron chi connectivity index (χ4n) is 2.40. The SMILES string of the molecule is CNC(Cc1ccccc1)c1cc2cc(Cl)ccc2o1. The molecule has 102 valence electrons. The van der Waals surface area contributed by atoms with Gasteiger partial charge in [0.05, 0.1) is 6.04 Å². The van der Waals surface area contributed by atoms with E-state index in [1.165, 1.54) is 5.56 Å². The lowest BCUT2D eigenvalue weighted by atomic mass is 10.0. The molecule has 0 aliphatic heterocycles. The Hall–Kier alpha value is -1.77. The van der Waals surface area contributed by atoms with Gasteiger partial charge in [-0.2, -0.15) is 0 Å². The van der Waals surface area contributed by atoms with Gasteiger partial charge in [-0.05, 0) is 43.3 Å². The number of nitrogens with one attached hydrogen (secondary N) is 1. The predicted molar refractivity (Wildman–Crippen MR) is 83.2 cm³/mol. The van der Waals surface area contributed by atoms with Crippen LogP contribution in [0, 0.1) is 0 Å². The smallest absolute Gasteiger partial charge is 0.134 e. The van der Waals surface area contributed by atoms with Gasteiger partial charge in [-0.3, -0.25) is 0 Å². The quantitative estimate of drug-likeness (QED) is 0.758. The molecule has 2 aromatic carbocycles. The zero-order valence-corrected chi connectivity index (χ0v) is 12.0. The summed E-state index contributed by atoms with van der Waals surface area (Å²) in [6.45, 7) is 0. The van der Waals surface area contributed by atoms with E-state index in [4.69, 9.17) is 16.0 Å². The molecular weight excluding hydrogens is 270 g/mol. The third kappa shape index (κ3) is 2.72. The van der Waals surface area contributed by atoms with Crippen molar-refractivity contribution in [2.24, 2.45) is 0 Å². The summed E-state index contributed by atoms with van der Waals surface area (Å²) in [6, 6.07) is 18.3. The Morgan fingerprint density at radius 2 is 1.90 bits per heavy atom. The fraction of sp³-hybridized carbons (Fsp3) is 0.176. The molecule has 0 bridgehead atoms. The van der Waals surface area contributed by atoms with Gasteiger partial charge < -0.3 is 9.73 Å². The first-order chi connectivity index (χ1) is 9.76. The molecule has 3 heteroatoms. The van der Waals surface area contributed by atoms with E-state index < -0.39 is 0 Å². The van der Waals surface area contributed by atoms with E-state index in [2.05, 4.69) is 35.6 Å². The summed E-state index contributed by atoms with van der Waals surface area (Å²) >= 11 is 6.01. The molecule has 0 spiro atoms. The molecule has 0 aliphatic carbocycles. The Morgan fingerprint density at radius 1 is 1.10 bits per heavy atom. The van der Waals surface area contributed by atoms with Gasteiger partial charge in [0.1, 0.15) is 11.3 Å².